The number of benzene rings is 1. The molecule has 0 bridgehead atoms. The van der Waals surface area contributed by atoms with E-state index in [1.807, 2.05) is 26.1 Å². The van der Waals surface area contributed by atoms with Gasteiger partial charge in [0, 0.05) is 19.3 Å². The Balaban J connectivity index is 0.00000242. The molecule has 8 heteroatoms. The Bertz CT molecular complexity index is 534. The van der Waals surface area contributed by atoms with Gasteiger partial charge in [-0.25, -0.2) is 4.68 Å². The normalized spacial score (nSPS) is 10.3. The van der Waals surface area contributed by atoms with Gasteiger partial charge in [0.15, 0.2) is 0 Å². The third-order valence-corrected chi connectivity index (χ3v) is 3.97. The Labute approximate surface area is 141 Å². The zero-order valence-corrected chi connectivity index (χ0v) is 14.5. The van der Waals surface area contributed by atoms with E-state index >= 15 is 0 Å². The maximum Gasteiger partial charge on any atom is 0.209 e. The number of halogens is 1. The fraction of sp³-hybridized carbons (Fsp3) is 0.500. The van der Waals surface area contributed by atoms with Crippen LogP contribution in [0.5, 0.6) is 5.75 Å². The molecule has 0 aliphatic carbocycles. The van der Waals surface area contributed by atoms with Crippen molar-refractivity contribution in [2.45, 2.75) is 25.0 Å². The number of aromatic nitrogens is 4. The average Bonchev–Trinajstić information content (AvgIpc) is 2.90. The van der Waals surface area contributed by atoms with Crippen molar-refractivity contribution in [3.8, 4) is 5.75 Å². The molecule has 2 rings (SSSR count). The maximum absolute atomic E-state index is 5.42. The highest BCUT2D eigenvalue weighted by Crippen LogP contribution is 2.13. The quantitative estimate of drug-likeness (QED) is 0.556. The predicted octanol–water partition coefficient (Wildman–Crippen LogP) is 2.30. The van der Waals surface area contributed by atoms with Crippen LogP contribution in [0.3, 0.4) is 0 Å². The van der Waals surface area contributed by atoms with Crippen LogP contribution in [0, 0.1) is 0 Å². The van der Waals surface area contributed by atoms with E-state index in [0.29, 0.717) is 6.61 Å². The van der Waals surface area contributed by atoms with Crippen LogP contribution < -0.4 is 10.1 Å². The van der Waals surface area contributed by atoms with Crippen LogP contribution in [-0.2, 0) is 13.6 Å². The molecule has 122 valence electrons. The van der Waals surface area contributed by atoms with Crippen LogP contribution in [0.15, 0.2) is 29.4 Å². The van der Waals surface area contributed by atoms with Crippen LogP contribution in [-0.4, -0.2) is 39.1 Å². The lowest BCUT2D eigenvalue weighted by Crippen LogP contribution is -2.15. The van der Waals surface area contributed by atoms with E-state index in [9.17, 15) is 0 Å². The smallest absolute Gasteiger partial charge is 0.209 e. The fourth-order valence-corrected chi connectivity index (χ4v) is 2.60. The van der Waals surface area contributed by atoms with Gasteiger partial charge in [-0.1, -0.05) is 23.9 Å². The summed E-state index contributed by atoms with van der Waals surface area (Å²) < 4.78 is 7.11. The Kier molecular flexibility index (Phi) is 8.88. The molecule has 0 saturated carbocycles. The molecule has 22 heavy (non-hydrogen) atoms. The summed E-state index contributed by atoms with van der Waals surface area (Å²) in [5, 5.41) is 15.6. The zero-order chi connectivity index (χ0) is 14.9. The molecule has 0 spiro atoms. The van der Waals surface area contributed by atoms with Gasteiger partial charge in [-0.3, -0.25) is 0 Å². The first kappa shape index (κ1) is 18.7. The number of ether oxygens (including phenoxy) is 1. The number of aryl methyl sites for hydroxylation is 1. The number of thioether (sulfide) groups is 1. The molecule has 0 unspecified atom stereocenters. The largest absolute Gasteiger partial charge is 0.494 e. The molecule has 0 aliphatic heterocycles. The summed E-state index contributed by atoms with van der Waals surface area (Å²) in [6.45, 7) is 4.55. The monoisotopic (exact) mass is 343 g/mol. The molecular formula is C14H22ClN5OS. The molecule has 1 aromatic heterocycles. The maximum atomic E-state index is 5.42. The first-order valence-electron chi connectivity index (χ1n) is 7.07. The van der Waals surface area contributed by atoms with Gasteiger partial charge < -0.3 is 10.1 Å². The Morgan fingerprint density at radius 3 is 2.68 bits per heavy atom. The minimum Gasteiger partial charge on any atom is -0.494 e. The first-order chi connectivity index (χ1) is 10.3. The van der Waals surface area contributed by atoms with Gasteiger partial charge in [0.1, 0.15) is 5.75 Å². The van der Waals surface area contributed by atoms with Crippen molar-refractivity contribution >= 4 is 24.2 Å². The zero-order valence-electron chi connectivity index (χ0n) is 12.9. The van der Waals surface area contributed by atoms with Crippen LogP contribution in [0.4, 0.5) is 0 Å². The van der Waals surface area contributed by atoms with Gasteiger partial charge in [-0.2, -0.15) is 0 Å². The van der Waals surface area contributed by atoms with Gasteiger partial charge in [0.25, 0.3) is 0 Å². The summed E-state index contributed by atoms with van der Waals surface area (Å²) in [7, 11) is 1.85. The van der Waals surface area contributed by atoms with Gasteiger partial charge in [0.2, 0.25) is 5.16 Å². The summed E-state index contributed by atoms with van der Waals surface area (Å²) in [5.74, 6) is 1.93. The molecule has 0 atom stereocenters. The van der Waals surface area contributed by atoms with Gasteiger partial charge >= 0.3 is 0 Å². The standard InChI is InChI=1S/C14H21N5OS.ClH/c1-3-20-13-7-5-12(6-8-13)11-15-9-4-10-21-14-16-17-18-19(14)2;/h5-8,15H,3-4,9-11H2,1-2H3;1H. The Morgan fingerprint density at radius 2 is 2.05 bits per heavy atom. The second-order valence-corrected chi connectivity index (χ2v) is 5.60. The summed E-state index contributed by atoms with van der Waals surface area (Å²) in [4.78, 5) is 0. The van der Waals surface area contributed by atoms with Crippen molar-refractivity contribution in [3.63, 3.8) is 0 Å². The lowest BCUT2D eigenvalue weighted by atomic mass is 10.2. The number of nitrogens with one attached hydrogen (secondary N) is 1. The lowest BCUT2D eigenvalue weighted by molar-refractivity contribution is 0.340. The van der Waals surface area contributed by atoms with E-state index < -0.39 is 0 Å². The highest BCUT2D eigenvalue weighted by molar-refractivity contribution is 7.99. The lowest BCUT2D eigenvalue weighted by Gasteiger charge is -2.06. The number of rotatable bonds is 9. The highest BCUT2D eigenvalue weighted by Gasteiger charge is 2.01. The number of hydrogen-bond acceptors (Lipinski definition) is 6. The molecular weight excluding hydrogens is 322 g/mol. The molecule has 1 N–H and O–H groups in total. The van der Waals surface area contributed by atoms with Crippen molar-refractivity contribution in [3.05, 3.63) is 29.8 Å². The first-order valence-corrected chi connectivity index (χ1v) is 8.05. The van der Waals surface area contributed by atoms with Crippen molar-refractivity contribution in [1.29, 1.82) is 0 Å². The molecule has 0 saturated heterocycles. The molecule has 0 radical (unpaired) electrons. The van der Waals surface area contributed by atoms with Crippen LogP contribution in [0.2, 0.25) is 0 Å². The third-order valence-electron chi connectivity index (χ3n) is 2.87. The fourth-order valence-electron chi connectivity index (χ4n) is 1.81. The predicted molar refractivity (Wildman–Crippen MR) is 90.7 cm³/mol. The number of tetrazole rings is 1. The second-order valence-electron chi connectivity index (χ2n) is 4.54. The average molecular weight is 344 g/mol. The molecule has 0 aliphatic rings. The minimum absolute atomic E-state index is 0. The molecule has 0 fully saturated rings. The van der Waals surface area contributed by atoms with E-state index in [-0.39, 0.29) is 12.4 Å². The van der Waals surface area contributed by atoms with E-state index in [1.54, 1.807) is 16.4 Å². The summed E-state index contributed by atoms with van der Waals surface area (Å²) in [5.41, 5.74) is 1.27. The van der Waals surface area contributed by atoms with Crippen molar-refractivity contribution < 1.29 is 4.74 Å². The molecule has 1 aromatic carbocycles. The van der Waals surface area contributed by atoms with E-state index in [2.05, 4.69) is 33.0 Å². The van der Waals surface area contributed by atoms with Crippen LogP contribution >= 0.6 is 24.2 Å². The Hall–Kier alpha value is -1.31. The summed E-state index contributed by atoms with van der Waals surface area (Å²) in [6.07, 6.45) is 1.08. The van der Waals surface area contributed by atoms with Crippen molar-refractivity contribution in [2.75, 3.05) is 18.9 Å². The van der Waals surface area contributed by atoms with Crippen LogP contribution in [0.25, 0.3) is 0 Å². The van der Waals surface area contributed by atoms with E-state index in [0.717, 1.165) is 36.2 Å². The third kappa shape index (κ3) is 6.21. The van der Waals surface area contributed by atoms with Gasteiger partial charge in [-0.15, -0.1) is 17.5 Å². The molecule has 6 nitrogen and oxygen atoms in total. The van der Waals surface area contributed by atoms with Gasteiger partial charge in [0.05, 0.1) is 6.61 Å². The van der Waals surface area contributed by atoms with E-state index in [4.69, 9.17) is 4.74 Å². The number of nitrogens with zero attached hydrogens (tertiary/aromatic N) is 4. The SMILES string of the molecule is CCOc1ccc(CNCCCSc2nnnn2C)cc1.Cl. The summed E-state index contributed by atoms with van der Waals surface area (Å²) in [6, 6.07) is 8.21. The molecule has 0 amide bonds. The molecule has 2 aromatic rings. The minimum atomic E-state index is 0. The van der Waals surface area contributed by atoms with E-state index in [1.165, 1.54) is 5.56 Å². The van der Waals surface area contributed by atoms with Gasteiger partial charge in [-0.05, 0) is 48.0 Å². The van der Waals surface area contributed by atoms with Crippen LogP contribution in [0.1, 0.15) is 18.9 Å². The summed E-state index contributed by atoms with van der Waals surface area (Å²) >= 11 is 1.68. The highest BCUT2D eigenvalue weighted by atomic mass is 35.5. The Morgan fingerprint density at radius 1 is 1.27 bits per heavy atom. The second kappa shape index (κ2) is 10.4. The topological polar surface area (TPSA) is 64.9 Å². The number of hydrogen-bond donors (Lipinski definition) is 1. The molecule has 1 heterocycles. The van der Waals surface area contributed by atoms with Crippen molar-refractivity contribution in [1.82, 2.24) is 25.5 Å². The van der Waals surface area contributed by atoms with Crippen molar-refractivity contribution in [2.24, 2.45) is 7.05 Å².